The molecule has 7 nitrogen and oxygen atoms in total. The highest BCUT2D eigenvalue weighted by Crippen LogP contribution is 2.14. The fraction of sp³-hybridized carbons (Fsp3) is 0.250. The van der Waals surface area contributed by atoms with Gasteiger partial charge in [0.05, 0.1) is 5.92 Å². The second-order valence-corrected chi connectivity index (χ2v) is 5.20. The van der Waals surface area contributed by atoms with Gasteiger partial charge in [-0.1, -0.05) is 37.3 Å². The zero-order valence-corrected chi connectivity index (χ0v) is 12.7. The van der Waals surface area contributed by atoms with Crippen LogP contribution < -0.4 is 5.73 Å². The van der Waals surface area contributed by atoms with Gasteiger partial charge in [-0.25, -0.2) is 9.97 Å². The molecule has 0 bridgehead atoms. The molecule has 2 rings (SSSR count). The van der Waals surface area contributed by atoms with Crippen LogP contribution in [0.2, 0.25) is 0 Å². The maximum absolute atomic E-state index is 12.7. The summed E-state index contributed by atoms with van der Waals surface area (Å²) in [5.41, 5.74) is 6.62. The predicted octanol–water partition coefficient (Wildman–Crippen LogP) is 1.42. The van der Waals surface area contributed by atoms with E-state index in [0.29, 0.717) is 0 Å². The zero-order chi connectivity index (χ0) is 16.8. The van der Waals surface area contributed by atoms with Crippen LogP contribution in [0, 0.1) is 5.92 Å². The highest BCUT2D eigenvalue weighted by atomic mass is 16.4. The Morgan fingerprint density at radius 3 is 2.48 bits per heavy atom. The number of carboxylic acids is 1. The van der Waals surface area contributed by atoms with Crippen LogP contribution >= 0.6 is 0 Å². The number of rotatable bonds is 6. The number of carbonyl (C=O) groups excluding carboxylic acids is 1. The summed E-state index contributed by atoms with van der Waals surface area (Å²) in [6, 6.07) is 9.32. The SMILES string of the molecule is CC(CN(Cc1ccccc1)C(=O)c1nccnc1N)C(=O)O. The minimum Gasteiger partial charge on any atom is -0.481 e. The lowest BCUT2D eigenvalue weighted by Crippen LogP contribution is -2.37. The van der Waals surface area contributed by atoms with Crippen molar-refractivity contribution in [1.82, 2.24) is 14.9 Å². The molecule has 1 aromatic heterocycles. The second-order valence-electron chi connectivity index (χ2n) is 5.20. The molecular formula is C16H18N4O3. The first-order valence-corrected chi connectivity index (χ1v) is 7.11. The number of nitrogens with two attached hydrogens (primary N) is 1. The maximum atomic E-state index is 12.7. The number of nitrogens with zero attached hydrogens (tertiary/aromatic N) is 3. The fourth-order valence-corrected chi connectivity index (χ4v) is 2.10. The number of aliphatic carboxylic acids is 1. The molecule has 0 saturated heterocycles. The first-order chi connectivity index (χ1) is 11.0. The van der Waals surface area contributed by atoms with E-state index in [2.05, 4.69) is 9.97 Å². The Labute approximate surface area is 133 Å². The Morgan fingerprint density at radius 1 is 1.22 bits per heavy atom. The molecule has 3 N–H and O–H groups in total. The number of carbonyl (C=O) groups is 2. The third kappa shape index (κ3) is 4.26. The molecular weight excluding hydrogens is 296 g/mol. The number of carboxylic acid groups (broad SMARTS) is 1. The van der Waals surface area contributed by atoms with E-state index < -0.39 is 17.8 Å². The molecule has 120 valence electrons. The Morgan fingerprint density at radius 2 is 1.87 bits per heavy atom. The van der Waals surface area contributed by atoms with E-state index in [0.717, 1.165) is 5.56 Å². The van der Waals surface area contributed by atoms with Crippen LogP contribution in [0.1, 0.15) is 23.0 Å². The normalized spacial score (nSPS) is 11.7. The molecule has 0 spiro atoms. The Hall–Kier alpha value is -2.96. The summed E-state index contributed by atoms with van der Waals surface area (Å²) < 4.78 is 0. The summed E-state index contributed by atoms with van der Waals surface area (Å²) in [7, 11) is 0. The van der Waals surface area contributed by atoms with Gasteiger partial charge in [-0.2, -0.15) is 0 Å². The van der Waals surface area contributed by atoms with E-state index in [1.54, 1.807) is 6.92 Å². The van der Waals surface area contributed by atoms with E-state index in [9.17, 15) is 9.59 Å². The summed E-state index contributed by atoms with van der Waals surface area (Å²) >= 11 is 0. The molecule has 0 fully saturated rings. The van der Waals surface area contributed by atoms with Crippen LogP contribution in [0.4, 0.5) is 5.82 Å². The average Bonchev–Trinajstić information content (AvgIpc) is 2.55. The quantitative estimate of drug-likeness (QED) is 0.834. The molecule has 1 heterocycles. The molecule has 1 unspecified atom stereocenters. The van der Waals surface area contributed by atoms with Crippen molar-refractivity contribution in [3.05, 3.63) is 54.0 Å². The summed E-state index contributed by atoms with van der Waals surface area (Å²) in [6.07, 6.45) is 2.78. The number of nitrogen functional groups attached to an aromatic ring is 1. The van der Waals surface area contributed by atoms with Gasteiger partial charge in [0.1, 0.15) is 0 Å². The standard InChI is InChI=1S/C16H18N4O3/c1-11(16(22)23)9-20(10-12-5-3-2-4-6-12)15(21)13-14(17)19-8-7-18-13/h2-8,11H,9-10H2,1H3,(H2,17,19)(H,22,23). The average molecular weight is 314 g/mol. The van der Waals surface area contributed by atoms with Crippen molar-refractivity contribution in [2.45, 2.75) is 13.5 Å². The summed E-state index contributed by atoms with van der Waals surface area (Å²) in [5.74, 6) is -2.09. The molecule has 0 aliphatic carbocycles. The van der Waals surface area contributed by atoms with Crippen LogP contribution in [-0.4, -0.2) is 38.4 Å². The van der Waals surface area contributed by atoms with Gasteiger partial charge in [0.2, 0.25) is 0 Å². The van der Waals surface area contributed by atoms with Gasteiger partial charge in [-0.05, 0) is 5.56 Å². The molecule has 0 radical (unpaired) electrons. The number of amides is 1. The summed E-state index contributed by atoms with van der Waals surface area (Å²) in [4.78, 5) is 33.0. The monoisotopic (exact) mass is 314 g/mol. The smallest absolute Gasteiger partial charge is 0.308 e. The van der Waals surface area contributed by atoms with E-state index >= 15 is 0 Å². The Bertz CT molecular complexity index is 691. The van der Waals surface area contributed by atoms with Gasteiger partial charge >= 0.3 is 5.97 Å². The lowest BCUT2D eigenvalue weighted by molar-refractivity contribution is -0.141. The Balaban J connectivity index is 2.27. The third-order valence-corrected chi connectivity index (χ3v) is 3.35. The van der Waals surface area contributed by atoms with E-state index in [1.807, 2.05) is 30.3 Å². The number of hydrogen-bond acceptors (Lipinski definition) is 5. The van der Waals surface area contributed by atoms with E-state index in [1.165, 1.54) is 17.3 Å². The van der Waals surface area contributed by atoms with Gasteiger partial charge in [-0.15, -0.1) is 0 Å². The highest BCUT2D eigenvalue weighted by molar-refractivity contribution is 5.96. The van der Waals surface area contributed by atoms with Gasteiger partial charge in [-0.3, -0.25) is 9.59 Å². The highest BCUT2D eigenvalue weighted by Gasteiger charge is 2.24. The van der Waals surface area contributed by atoms with Crippen molar-refractivity contribution in [3.8, 4) is 0 Å². The minimum absolute atomic E-state index is 0.0264. The Kier molecular flexibility index (Phi) is 5.24. The van der Waals surface area contributed by atoms with Crippen LogP contribution in [0.15, 0.2) is 42.7 Å². The van der Waals surface area contributed by atoms with Gasteiger partial charge < -0.3 is 15.7 Å². The lowest BCUT2D eigenvalue weighted by atomic mass is 10.1. The van der Waals surface area contributed by atoms with Crippen molar-refractivity contribution in [1.29, 1.82) is 0 Å². The van der Waals surface area contributed by atoms with Gasteiger partial charge in [0, 0.05) is 25.5 Å². The van der Waals surface area contributed by atoms with Crippen LogP contribution in [0.3, 0.4) is 0 Å². The van der Waals surface area contributed by atoms with Crippen molar-refractivity contribution < 1.29 is 14.7 Å². The van der Waals surface area contributed by atoms with Crippen LogP contribution in [0.25, 0.3) is 0 Å². The van der Waals surface area contributed by atoms with Crippen molar-refractivity contribution >= 4 is 17.7 Å². The second kappa shape index (κ2) is 7.35. The largest absolute Gasteiger partial charge is 0.481 e. The number of anilines is 1. The van der Waals surface area contributed by atoms with Crippen LogP contribution in [0.5, 0.6) is 0 Å². The number of hydrogen-bond donors (Lipinski definition) is 2. The lowest BCUT2D eigenvalue weighted by Gasteiger charge is -2.24. The summed E-state index contributed by atoms with van der Waals surface area (Å²) in [5, 5.41) is 9.11. The molecule has 0 aliphatic heterocycles. The first kappa shape index (κ1) is 16.4. The van der Waals surface area contributed by atoms with E-state index in [4.69, 9.17) is 10.8 Å². The molecule has 0 saturated carbocycles. The first-order valence-electron chi connectivity index (χ1n) is 7.11. The molecule has 23 heavy (non-hydrogen) atoms. The van der Waals surface area contributed by atoms with Gasteiger partial charge in [0.15, 0.2) is 11.5 Å². The van der Waals surface area contributed by atoms with Crippen molar-refractivity contribution in [2.75, 3.05) is 12.3 Å². The fourth-order valence-electron chi connectivity index (χ4n) is 2.10. The summed E-state index contributed by atoms with van der Waals surface area (Å²) in [6.45, 7) is 1.88. The number of aromatic nitrogens is 2. The predicted molar refractivity (Wildman–Crippen MR) is 84.4 cm³/mol. The molecule has 0 aliphatic rings. The van der Waals surface area contributed by atoms with Gasteiger partial charge in [0.25, 0.3) is 5.91 Å². The zero-order valence-electron chi connectivity index (χ0n) is 12.7. The molecule has 7 heteroatoms. The molecule has 1 atom stereocenters. The molecule has 2 aromatic rings. The minimum atomic E-state index is -0.969. The molecule has 1 aromatic carbocycles. The topological polar surface area (TPSA) is 109 Å². The third-order valence-electron chi connectivity index (χ3n) is 3.35. The van der Waals surface area contributed by atoms with Crippen molar-refractivity contribution in [2.24, 2.45) is 5.92 Å². The maximum Gasteiger partial charge on any atom is 0.308 e. The van der Waals surface area contributed by atoms with E-state index in [-0.39, 0.29) is 24.6 Å². The molecule has 1 amide bonds. The number of benzene rings is 1. The van der Waals surface area contributed by atoms with Crippen molar-refractivity contribution in [3.63, 3.8) is 0 Å². The van der Waals surface area contributed by atoms with Crippen LogP contribution in [-0.2, 0) is 11.3 Å².